The van der Waals surface area contributed by atoms with E-state index in [1.807, 2.05) is 37.3 Å². The van der Waals surface area contributed by atoms with Gasteiger partial charge in [0, 0.05) is 0 Å². The van der Waals surface area contributed by atoms with E-state index in [0.29, 0.717) is 50.2 Å². The third-order valence-electron chi connectivity index (χ3n) is 5.61. The Hall–Kier alpha value is -4.94. The lowest BCUT2D eigenvalue weighted by Gasteiger charge is -2.21. The van der Waals surface area contributed by atoms with Crippen molar-refractivity contribution in [3.8, 4) is 17.5 Å². The third-order valence-corrected chi connectivity index (χ3v) is 5.92. The standard InChI is InChI=1S/C27H21ClN8O/c1-16(34-25-20(24(30)32-15-33-25)13-12-18-11-10-17(29)14-31-18)26-35-22-9-5-8-21(28)23(22)27(37)36(26)19-6-3-2-4-7-19/h2-11,14-16H,29H2,1H3,(H3,30,32,33,34). The van der Waals surface area contributed by atoms with Crippen molar-refractivity contribution in [2.45, 2.75) is 13.0 Å². The van der Waals surface area contributed by atoms with Gasteiger partial charge < -0.3 is 16.8 Å². The zero-order chi connectivity index (χ0) is 25.9. The summed E-state index contributed by atoms with van der Waals surface area (Å²) in [5.74, 6) is 7.01. The van der Waals surface area contributed by atoms with E-state index in [1.54, 1.807) is 34.9 Å². The zero-order valence-corrected chi connectivity index (χ0v) is 20.4. The molecule has 9 nitrogen and oxygen atoms in total. The Kier molecular flexibility index (Phi) is 6.41. The molecule has 3 heterocycles. The molecule has 0 radical (unpaired) electrons. The lowest BCUT2D eigenvalue weighted by atomic mass is 10.2. The largest absolute Gasteiger partial charge is 0.397 e. The van der Waals surface area contributed by atoms with Gasteiger partial charge in [0.1, 0.15) is 35.0 Å². The lowest BCUT2D eigenvalue weighted by molar-refractivity contribution is 0.730. The fourth-order valence-corrected chi connectivity index (χ4v) is 4.08. The molecule has 2 aromatic carbocycles. The van der Waals surface area contributed by atoms with Crippen molar-refractivity contribution in [3.05, 3.63) is 106 Å². The van der Waals surface area contributed by atoms with Crippen LogP contribution in [0.5, 0.6) is 0 Å². The van der Waals surface area contributed by atoms with Gasteiger partial charge in [0.25, 0.3) is 5.56 Å². The van der Waals surface area contributed by atoms with E-state index in [1.165, 1.54) is 12.5 Å². The number of para-hydroxylation sites is 1. The Labute approximate surface area is 217 Å². The molecule has 0 aliphatic carbocycles. The minimum Gasteiger partial charge on any atom is -0.397 e. The van der Waals surface area contributed by atoms with Crippen molar-refractivity contribution >= 4 is 39.8 Å². The Bertz CT molecular complexity index is 1720. The van der Waals surface area contributed by atoms with Gasteiger partial charge in [-0.25, -0.2) is 19.9 Å². The smallest absolute Gasteiger partial charge is 0.267 e. The first-order valence-electron chi connectivity index (χ1n) is 11.3. The molecule has 0 bridgehead atoms. The molecule has 0 aliphatic heterocycles. The number of anilines is 3. The van der Waals surface area contributed by atoms with Crippen molar-refractivity contribution in [1.29, 1.82) is 0 Å². The summed E-state index contributed by atoms with van der Waals surface area (Å²) in [5, 5.41) is 3.98. The number of nitrogen functional groups attached to an aromatic ring is 2. The number of fused-ring (bicyclic) bond motifs is 1. The van der Waals surface area contributed by atoms with Gasteiger partial charge in [0.15, 0.2) is 0 Å². The molecular formula is C27H21ClN8O. The van der Waals surface area contributed by atoms with Gasteiger partial charge >= 0.3 is 0 Å². The number of hydrogen-bond donors (Lipinski definition) is 3. The number of aromatic nitrogens is 5. The van der Waals surface area contributed by atoms with E-state index < -0.39 is 6.04 Å². The van der Waals surface area contributed by atoms with E-state index in [2.05, 4.69) is 32.1 Å². The van der Waals surface area contributed by atoms with Crippen molar-refractivity contribution in [2.75, 3.05) is 16.8 Å². The molecular weight excluding hydrogens is 488 g/mol. The fraction of sp³-hybridized carbons (Fsp3) is 0.0741. The van der Waals surface area contributed by atoms with Crippen LogP contribution in [-0.4, -0.2) is 24.5 Å². The van der Waals surface area contributed by atoms with Crippen LogP contribution in [0.2, 0.25) is 5.02 Å². The summed E-state index contributed by atoms with van der Waals surface area (Å²) >= 11 is 6.39. The summed E-state index contributed by atoms with van der Waals surface area (Å²) in [6, 6.07) is 17.4. The summed E-state index contributed by atoms with van der Waals surface area (Å²) in [5.41, 5.74) is 14.2. The second-order valence-electron chi connectivity index (χ2n) is 8.16. The average Bonchev–Trinajstić information content (AvgIpc) is 2.89. The van der Waals surface area contributed by atoms with Gasteiger partial charge in [-0.1, -0.05) is 41.8 Å². The summed E-state index contributed by atoms with van der Waals surface area (Å²) in [6.07, 6.45) is 2.87. The van der Waals surface area contributed by atoms with Gasteiger partial charge in [0.2, 0.25) is 0 Å². The number of nitrogens with zero attached hydrogens (tertiary/aromatic N) is 5. The molecule has 0 amide bonds. The van der Waals surface area contributed by atoms with Crippen molar-refractivity contribution < 1.29 is 0 Å². The number of halogens is 1. The highest BCUT2D eigenvalue weighted by Gasteiger charge is 2.21. The number of rotatable bonds is 4. The fourth-order valence-electron chi connectivity index (χ4n) is 3.83. The highest BCUT2D eigenvalue weighted by molar-refractivity contribution is 6.35. The van der Waals surface area contributed by atoms with Crippen LogP contribution in [0, 0.1) is 11.8 Å². The summed E-state index contributed by atoms with van der Waals surface area (Å²) < 4.78 is 1.54. The molecule has 0 saturated heterocycles. The molecule has 182 valence electrons. The van der Waals surface area contributed by atoms with Crippen molar-refractivity contribution in [3.63, 3.8) is 0 Å². The number of nitrogens with two attached hydrogens (primary N) is 2. The third kappa shape index (κ3) is 4.78. The molecule has 10 heteroatoms. The Morgan fingerprint density at radius 3 is 2.54 bits per heavy atom. The van der Waals surface area contributed by atoms with E-state index in [9.17, 15) is 4.79 Å². The molecule has 0 spiro atoms. The predicted molar refractivity (Wildman–Crippen MR) is 145 cm³/mol. The first kappa shape index (κ1) is 23.8. The number of hydrogen-bond acceptors (Lipinski definition) is 8. The van der Waals surface area contributed by atoms with Crippen LogP contribution in [0.15, 0.2) is 78.0 Å². The van der Waals surface area contributed by atoms with E-state index >= 15 is 0 Å². The molecule has 0 aliphatic rings. The lowest BCUT2D eigenvalue weighted by Crippen LogP contribution is -2.27. The SMILES string of the molecule is CC(Nc1ncnc(N)c1C#Cc1ccc(N)cn1)c1nc2cccc(Cl)c2c(=O)n1-c1ccccc1. The van der Waals surface area contributed by atoms with Crippen LogP contribution in [0.25, 0.3) is 16.6 Å². The first-order valence-corrected chi connectivity index (χ1v) is 11.7. The topological polar surface area (TPSA) is 138 Å². The minimum absolute atomic E-state index is 0.200. The molecule has 37 heavy (non-hydrogen) atoms. The number of benzene rings is 2. The molecule has 0 saturated carbocycles. The molecule has 3 aromatic heterocycles. The minimum atomic E-state index is -0.485. The molecule has 5 N–H and O–H groups in total. The van der Waals surface area contributed by atoms with E-state index in [4.69, 9.17) is 28.1 Å². The highest BCUT2D eigenvalue weighted by atomic mass is 35.5. The molecule has 1 unspecified atom stereocenters. The normalized spacial score (nSPS) is 11.5. The monoisotopic (exact) mass is 508 g/mol. The van der Waals surface area contributed by atoms with Gasteiger partial charge in [-0.15, -0.1) is 0 Å². The molecule has 5 aromatic rings. The maximum absolute atomic E-state index is 13.7. The maximum Gasteiger partial charge on any atom is 0.267 e. The second-order valence-corrected chi connectivity index (χ2v) is 8.56. The van der Waals surface area contributed by atoms with E-state index in [0.717, 1.165) is 0 Å². The van der Waals surface area contributed by atoms with Crippen LogP contribution in [0.4, 0.5) is 17.3 Å². The van der Waals surface area contributed by atoms with Crippen LogP contribution >= 0.6 is 11.6 Å². The van der Waals surface area contributed by atoms with Crippen LogP contribution in [0.3, 0.4) is 0 Å². The predicted octanol–water partition coefficient (Wildman–Crippen LogP) is 3.96. The van der Waals surface area contributed by atoms with Gasteiger partial charge in [-0.2, -0.15) is 0 Å². The van der Waals surface area contributed by atoms with Gasteiger partial charge in [-0.3, -0.25) is 9.36 Å². The van der Waals surface area contributed by atoms with Crippen LogP contribution in [-0.2, 0) is 0 Å². The average molecular weight is 509 g/mol. The maximum atomic E-state index is 13.7. The first-order chi connectivity index (χ1) is 17.9. The van der Waals surface area contributed by atoms with Crippen LogP contribution in [0.1, 0.15) is 30.0 Å². The number of nitrogens with one attached hydrogen (secondary N) is 1. The van der Waals surface area contributed by atoms with Gasteiger partial charge in [0.05, 0.1) is 39.5 Å². The highest BCUT2D eigenvalue weighted by Crippen LogP contribution is 2.26. The van der Waals surface area contributed by atoms with Crippen LogP contribution < -0.4 is 22.3 Å². The van der Waals surface area contributed by atoms with Crippen molar-refractivity contribution in [1.82, 2.24) is 24.5 Å². The Morgan fingerprint density at radius 2 is 1.78 bits per heavy atom. The number of pyridine rings is 1. The summed E-state index contributed by atoms with van der Waals surface area (Å²) in [4.78, 5) is 31.1. The quantitative estimate of drug-likeness (QED) is 0.310. The Morgan fingerprint density at radius 1 is 0.973 bits per heavy atom. The zero-order valence-electron chi connectivity index (χ0n) is 19.7. The summed E-state index contributed by atoms with van der Waals surface area (Å²) in [6.45, 7) is 1.87. The molecule has 5 rings (SSSR count). The second kappa shape index (κ2) is 9.97. The van der Waals surface area contributed by atoms with Gasteiger partial charge in [-0.05, 0) is 49.2 Å². The molecule has 0 fully saturated rings. The Balaban J connectivity index is 1.61. The van der Waals surface area contributed by atoms with E-state index in [-0.39, 0.29) is 11.4 Å². The molecule has 1 atom stereocenters. The van der Waals surface area contributed by atoms with Crippen molar-refractivity contribution in [2.24, 2.45) is 0 Å². The summed E-state index contributed by atoms with van der Waals surface area (Å²) in [7, 11) is 0.